The molecule has 8 nitrogen and oxygen atoms in total. The third kappa shape index (κ3) is 4.04. The van der Waals surface area contributed by atoms with E-state index in [9.17, 15) is 14.4 Å². The van der Waals surface area contributed by atoms with Crippen LogP contribution in [0.1, 0.15) is 30.2 Å². The molecule has 2 aromatic heterocycles. The number of carbonyl (C=O) groups is 1. The SMILES string of the molecule is CCOC(=O)Cn1c(=O)c2c3c(sc2n(CC[NH+]2CCOCC2)c1=O)CCCC3. The van der Waals surface area contributed by atoms with Gasteiger partial charge in [-0.3, -0.25) is 14.2 Å². The van der Waals surface area contributed by atoms with E-state index in [1.165, 1.54) is 9.78 Å². The smallest absolute Gasteiger partial charge is 0.332 e. The van der Waals surface area contributed by atoms with E-state index in [1.54, 1.807) is 22.8 Å². The maximum absolute atomic E-state index is 13.2. The summed E-state index contributed by atoms with van der Waals surface area (Å²) in [6.07, 6.45) is 3.97. The van der Waals surface area contributed by atoms with Crippen molar-refractivity contribution in [1.82, 2.24) is 9.13 Å². The van der Waals surface area contributed by atoms with Gasteiger partial charge in [-0.2, -0.15) is 0 Å². The number of esters is 1. The molecule has 0 saturated carbocycles. The van der Waals surface area contributed by atoms with E-state index in [4.69, 9.17) is 9.47 Å². The summed E-state index contributed by atoms with van der Waals surface area (Å²) in [6.45, 7) is 6.20. The summed E-state index contributed by atoms with van der Waals surface area (Å²) in [5.74, 6) is -0.555. The summed E-state index contributed by atoms with van der Waals surface area (Å²) in [5.41, 5.74) is 0.306. The van der Waals surface area contributed by atoms with Crippen LogP contribution in [-0.2, 0) is 40.2 Å². The number of aromatic nitrogens is 2. The quantitative estimate of drug-likeness (QED) is 0.640. The van der Waals surface area contributed by atoms with E-state index in [0.29, 0.717) is 11.9 Å². The lowest BCUT2D eigenvalue weighted by atomic mass is 9.97. The molecular weight excluding hydrogens is 394 g/mol. The second-order valence-corrected chi connectivity index (χ2v) is 8.72. The van der Waals surface area contributed by atoms with Gasteiger partial charge in [0.1, 0.15) is 24.5 Å². The maximum Gasteiger partial charge on any atom is 0.332 e. The monoisotopic (exact) mass is 422 g/mol. The summed E-state index contributed by atoms with van der Waals surface area (Å²) < 4.78 is 13.2. The molecule has 0 radical (unpaired) electrons. The molecule has 0 atom stereocenters. The minimum atomic E-state index is -0.555. The van der Waals surface area contributed by atoms with Gasteiger partial charge in [0.05, 0.1) is 38.3 Å². The fourth-order valence-corrected chi connectivity index (χ4v) is 5.67. The number of hydrogen-bond acceptors (Lipinski definition) is 6. The Labute approximate surface area is 172 Å². The number of quaternary nitrogens is 1. The van der Waals surface area contributed by atoms with Crippen LogP contribution in [0.25, 0.3) is 10.2 Å². The average Bonchev–Trinajstić information content (AvgIpc) is 3.11. The number of thiophene rings is 1. The normalized spacial score (nSPS) is 17.4. The van der Waals surface area contributed by atoms with Crippen LogP contribution in [-0.4, -0.2) is 54.6 Å². The Kier molecular flexibility index (Phi) is 6.17. The Hall–Kier alpha value is -1.97. The molecule has 1 fully saturated rings. The van der Waals surface area contributed by atoms with Crippen LogP contribution < -0.4 is 16.1 Å². The van der Waals surface area contributed by atoms with Crippen molar-refractivity contribution >= 4 is 27.5 Å². The Balaban J connectivity index is 1.78. The van der Waals surface area contributed by atoms with E-state index in [1.807, 2.05) is 0 Å². The van der Waals surface area contributed by atoms with Crippen LogP contribution in [0.5, 0.6) is 0 Å². The standard InChI is InChI=1S/C20H27N3O5S/c1-2-28-16(24)13-23-18(25)17-14-5-3-4-6-15(14)29-19(17)22(20(23)26)8-7-21-9-11-27-12-10-21/h2-13H2,1H3/p+1. The molecule has 158 valence electrons. The van der Waals surface area contributed by atoms with E-state index in [2.05, 4.69) is 0 Å². The molecule has 1 N–H and O–H groups in total. The molecular formula is C20H28N3O5S+. The first-order valence-electron chi connectivity index (χ1n) is 10.4. The van der Waals surface area contributed by atoms with Gasteiger partial charge in [0.2, 0.25) is 0 Å². The van der Waals surface area contributed by atoms with Gasteiger partial charge in [-0.15, -0.1) is 11.3 Å². The lowest BCUT2D eigenvalue weighted by Gasteiger charge is -2.24. The topological polar surface area (TPSA) is 84.0 Å². The molecule has 0 aromatic carbocycles. The predicted molar refractivity (Wildman–Crippen MR) is 110 cm³/mol. The molecule has 0 bridgehead atoms. The molecule has 29 heavy (non-hydrogen) atoms. The molecule has 1 aliphatic carbocycles. The third-order valence-electron chi connectivity index (χ3n) is 5.80. The van der Waals surface area contributed by atoms with E-state index in [-0.39, 0.29) is 18.7 Å². The van der Waals surface area contributed by atoms with Crippen molar-refractivity contribution in [1.29, 1.82) is 0 Å². The minimum Gasteiger partial charge on any atom is -0.465 e. The lowest BCUT2D eigenvalue weighted by molar-refractivity contribution is -0.908. The zero-order valence-corrected chi connectivity index (χ0v) is 17.6. The number of fused-ring (bicyclic) bond motifs is 3. The zero-order valence-electron chi connectivity index (χ0n) is 16.8. The first-order valence-corrected chi connectivity index (χ1v) is 11.3. The molecule has 3 heterocycles. The number of hydrogen-bond donors (Lipinski definition) is 1. The summed E-state index contributed by atoms with van der Waals surface area (Å²) in [5, 5.41) is 0.630. The first-order chi connectivity index (χ1) is 14.1. The van der Waals surface area contributed by atoms with Crippen LogP contribution in [0.3, 0.4) is 0 Å². The number of morpholine rings is 1. The Morgan fingerprint density at radius 2 is 1.93 bits per heavy atom. The van der Waals surface area contributed by atoms with Gasteiger partial charge in [-0.05, 0) is 38.2 Å². The van der Waals surface area contributed by atoms with Crippen LogP contribution in [0.2, 0.25) is 0 Å². The van der Waals surface area contributed by atoms with Gasteiger partial charge in [0, 0.05) is 4.88 Å². The second kappa shape index (κ2) is 8.81. The minimum absolute atomic E-state index is 0.220. The van der Waals surface area contributed by atoms with Gasteiger partial charge >= 0.3 is 11.7 Å². The highest BCUT2D eigenvalue weighted by atomic mass is 32.1. The molecule has 1 saturated heterocycles. The molecule has 0 unspecified atom stereocenters. The molecule has 1 aliphatic heterocycles. The molecule has 0 amide bonds. The first kappa shape index (κ1) is 20.3. The summed E-state index contributed by atoms with van der Waals surface area (Å²) in [6, 6.07) is 0. The van der Waals surface area contributed by atoms with Gasteiger partial charge in [-0.25, -0.2) is 9.36 Å². The van der Waals surface area contributed by atoms with Gasteiger partial charge in [0.25, 0.3) is 5.56 Å². The van der Waals surface area contributed by atoms with E-state index in [0.717, 1.165) is 73.5 Å². The van der Waals surface area contributed by atoms with Crippen molar-refractivity contribution in [2.45, 2.75) is 45.7 Å². The van der Waals surface area contributed by atoms with Crippen molar-refractivity contribution in [3.63, 3.8) is 0 Å². The van der Waals surface area contributed by atoms with Crippen LogP contribution >= 0.6 is 11.3 Å². The summed E-state index contributed by atoms with van der Waals surface area (Å²) in [4.78, 5) is 41.8. The number of carbonyl (C=O) groups excluding carboxylic acids is 1. The van der Waals surface area contributed by atoms with Gasteiger partial charge in [-0.1, -0.05) is 0 Å². The van der Waals surface area contributed by atoms with Crippen LogP contribution in [0, 0.1) is 0 Å². The van der Waals surface area contributed by atoms with E-state index < -0.39 is 11.7 Å². The van der Waals surface area contributed by atoms with Crippen molar-refractivity contribution in [2.75, 3.05) is 39.5 Å². The number of nitrogens with zero attached hydrogens (tertiary/aromatic N) is 2. The van der Waals surface area contributed by atoms with Crippen molar-refractivity contribution < 1.29 is 19.2 Å². The average molecular weight is 423 g/mol. The zero-order chi connectivity index (χ0) is 20.4. The van der Waals surface area contributed by atoms with Gasteiger partial charge < -0.3 is 14.4 Å². The van der Waals surface area contributed by atoms with Crippen LogP contribution in [0.4, 0.5) is 0 Å². The Bertz CT molecular complexity index is 1020. The molecule has 2 aromatic rings. The van der Waals surface area contributed by atoms with Gasteiger partial charge in [0.15, 0.2) is 0 Å². The largest absolute Gasteiger partial charge is 0.465 e. The summed E-state index contributed by atoms with van der Waals surface area (Å²) in [7, 11) is 0. The second-order valence-electron chi connectivity index (χ2n) is 7.63. The number of nitrogens with one attached hydrogen (secondary N) is 1. The molecule has 2 aliphatic rings. The van der Waals surface area contributed by atoms with E-state index >= 15 is 0 Å². The Morgan fingerprint density at radius 3 is 2.69 bits per heavy atom. The highest BCUT2D eigenvalue weighted by molar-refractivity contribution is 7.18. The van der Waals surface area contributed by atoms with Crippen molar-refractivity contribution in [3.05, 3.63) is 31.3 Å². The fourth-order valence-electron chi connectivity index (χ4n) is 4.27. The Morgan fingerprint density at radius 1 is 1.17 bits per heavy atom. The maximum atomic E-state index is 13.2. The van der Waals surface area contributed by atoms with Crippen molar-refractivity contribution in [3.8, 4) is 0 Å². The molecule has 4 rings (SSSR count). The van der Waals surface area contributed by atoms with Crippen LogP contribution in [0.15, 0.2) is 9.59 Å². The molecule has 9 heteroatoms. The summed E-state index contributed by atoms with van der Waals surface area (Å²) >= 11 is 1.58. The molecule has 0 spiro atoms. The number of ether oxygens (including phenoxy) is 2. The fraction of sp³-hybridized carbons (Fsp3) is 0.650. The number of rotatable bonds is 6. The number of aryl methyl sites for hydroxylation is 2. The highest BCUT2D eigenvalue weighted by Crippen LogP contribution is 2.34. The lowest BCUT2D eigenvalue weighted by Crippen LogP contribution is -3.14. The third-order valence-corrected chi connectivity index (χ3v) is 7.11. The predicted octanol–water partition coefficient (Wildman–Crippen LogP) is -0.418. The highest BCUT2D eigenvalue weighted by Gasteiger charge is 2.25. The van der Waals surface area contributed by atoms with Crippen molar-refractivity contribution in [2.24, 2.45) is 0 Å².